The summed E-state index contributed by atoms with van der Waals surface area (Å²) in [7, 11) is 0. The van der Waals surface area contributed by atoms with E-state index in [1.807, 2.05) is 31.2 Å². The molecule has 0 aliphatic rings. The first-order valence-corrected chi connectivity index (χ1v) is 8.96. The lowest BCUT2D eigenvalue weighted by atomic mass is 10.1. The molecule has 0 amide bonds. The Morgan fingerprint density at radius 1 is 1.13 bits per heavy atom. The number of benzene rings is 2. The highest BCUT2D eigenvalue weighted by Crippen LogP contribution is 2.30. The fourth-order valence-electron chi connectivity index (χ4n) is 2.83. The zero-order chi connectivity index (χ0) is 21.1. The van der Waals surface area contributed by atoms with Crippen LogP contribution < -0.4 is 5.32 Å². The van der Waals surface area contributed by atoms with E-state index in [1.54, 1.807) is 16.8 Å². The predicted octanol–water partition coefficient (Wildman–Crippen LogP) is 2.73. The Kier molecular flexibility index (Phi) is 5.12. The standard InChI is InChI=1S/C20H16FN7O2/c1-12-2-8-15(9-3-12)28-19(25-26-27-28)16-10-22-20(23-11-17(29)30)24-18(16)13-4-6-14(21)7-5-13/h2-10H,11H2,1H3,(H,29,30)(H,22,23,24). The maximum Gasteiger partial charge on any atom is 0.322 e. The SMILES string of the molecule is Cc1ccc(-n2nnnc2-c2cnc(NCC(=O)O)nc2-c2ccc(F)cc2)cc1. The molecular formula is C20H16FN7O2. The molecule has 10 heteroatoms. The summed E-state index contributed by atoms with van der Waals surface area (Å²) >= 11 is 0. The maximum atomic E-state index is 13.4. The highest BCUT2D eigenvalue weighted by molar-refractivity contribution is 5.78. The van der Waals surface area contributed by atoms with Crippen LogP contribution in [0, 0.1) is 12.7 Å². The lowest BCUT2D eigenvalue weighted by molar-refractivity contribution is -0.134. The Balaban J connectivity index is 1.84. The van der Waals surface area contributed by atoms with Gasteiger partial charge in [-0.25, -0.2) is 14.4 Å². The molecule has 0 saturated heterocycles. The van der Waals surface area contributed by atoms with Crippen molar-refractivity contribution in [3.05, 3.63) is 66.1 Å². The number of nitrogens with one attached hydrogen (secondary N) is 1. The molecule has 2 heterocycles. The Morgan fingerprint density at radius 2 is 1.87 bits per heavy atom. The number of halogens is 1. The van der Waals surface area contributed by atoms with Gasteiger partial charge in [0.2, 0.25) is 5.95 Å². The highest BCUT2D eigenvalue weighted by atomic mass is 19.1. The van der Waals surface area contributed by atoms with Gasteiger partial charge in [0.05, 0.1) is 16.9 Å². The molecule has 0 radical (unpaired) electrons. The van der Waals surface area contributed by atoms with Crippen molar-refractivity contribution in [1.29, 1.82) is 0 Å². The molecule has 0 atom stereocenters. The van der Waals surface area contributed by atoms with Gasteiger partial charge in [-0.15, -0.1) is 5.10 Å². The van der Waals surface area contributed by atoms with Crippen molar-refractivity contribution in [3.8, 4) is 28.3 Å². The number of aryl methyl sites for hydroxylation is 1. The molecule has 0 bridgehead atoms. The summed E-state index contributed by atoms with van der Waals surface area (Å²) in [6, 6.07) is 13.4. The highest BCUT2D eigenvalue weighted by Gasteiger charge is 2.19. The summed E-state index contributed by atoms with van der Waals surface area (Å²) in [4.78, 5) is 19.5. The van der Waals surface area contributed by atoms with Crippen molar-refractivity contribution < 1.29 is 14.3 Å². The van der Waals surface area contributed by atoms with Crippen LogP contribution in [0.4, 0.5) is 10.3 Å². The van der Waals surface area contributed by atoms with Gasteiger partial charge in [0.15, 0.2) is 5.82 Å². The number of nitrogens with zero attached hydrogens (tertiary/aromatic N) is 6. The summed E-state index contributed by atoms with van der Waals surface area (Å²) in [5.41, 5.74) is 3.39. The first-order valence-electron chi connectivity index (χ1n) is 8.96. The molecule has 2 aromatic carbocycles. The summed E-state index contributed by atoms with van der Waals surface area (Å²) in [5, 5.41) is 23.5. The van der Waals surface area contributed by atoms with E-state index in [9.17, 15) is 9.18 Å². The number of aliphatic carboxylic acids is 1. The summed E-state index contributed by atoms with van der Waals surface area (Å²) < 4.78 is 15.0. The van der Waals surface area contributed by atoms with Crippen molar-refractivity contribution in [3.63, 3.8) is 0 Å². The van der Waals surface area contributed by atoms with E-state index >= 15 is 0 Å². The molecule has 9 nitrogen and oxygen atoms in total. The number of carboxylic acid groups (broad SMARTS) is 1. The van der Waals surface area contributed by atoms with Crippen molar-refractivity contribution in [1.82, 2.24) is 30.2 Å². The predicted molar refractivity (Wildman–Crippen MR) is 106 cm³/mol. The summed E-state index contributed by atoms with van der Waals surface area (Å²) in [6.07, 6.45) is 1.51. The van der Waals surface area contributed by atoms with Crippen molar-refractivity contribution in [2.75, 3.05) is 11.9 Å². The normalized spacial score (nSPS) is 10.7. The van der Waals surface area contributed by atoms with Gasteiger partial charge in [-0.1, -0.05) is 17.7 Å². The van der Waals surface area contributed by atoms with Gasteiger partial charge in [0.25, 0.3) is 0 Å². The molecule has 4 aromatic rings. The Hall–Kier alpha value is -4.21. The average Bonchev–Trinajstić information content (AvgIpc) is 3.23. The van der Waals surface area contributed by atoms with Gasteiger partial charge >= 0.3 is 5.97 Å². The molecule has 30 heavy (non-hydrogen) atoms. The Bertz CT molecular complexity index is 1190. The van der Waals surface area contributed by atoms with E-state index in [-0.39, 0.29) is 18.3 Å². The lowest BCUT2D eigenvalue weighted by Crippen LogP contribution is -2.14. The third kappa shape index (κ3) is 3.97. The average molecular weight is 405 g/mol. The fourth-order valence-corrected chi connectivity index (χ4v) is 2.83. The minimum Gasteiger partial charge on any atom is -0.480 e. The monoisotopic (exact) mass is 405 g/mol. The van der Waals surface area contributed by atoms with Crippen LogP contribution in [0.2, 0.25) is 0 Å². The van der Waals surface area contributed by atoms with Crippen LogP contribution in [0.1, 0.15) is 5.56 Å². The second-order valence-corrected chi connectivity index (χ2v) is 6.46. The second-order valence-electron chi connectivity index (χ2n) is 6.46. The van der Waals surface area contributed by atoms with Crippen LogP contribution in [-0.2, 0) is 4.79 Å². The first kappa shape index (κ1) is 19.1. The van der Waals surface area contributed by atoms with E-state index in [0.717, 1.165) is 11.3 Å². The largest absolute Gasteiger partial charge is 0.480 e. The van der Waals surface area contributed by atoms with Crippen LogP contribution in [-0.4, -0.2) is 47.8 Å². The number of rotatable bonds is 6. The summed E-state index contributed by atoms with van der Waals surface area (Å²) in [5.74, 6) is -0.921. The van der Waals surface area contributed by atoms with Crippen molar-refractivity contribution in [2.24, 2.45) is 0 Å². The third-order valence-electron chi connectivity index (χ3n) is 4.29. The van der Waals surface area contributed by atoms with Gasteiger partial charge in [-0.05, 0) is 53.7 Å². The molecular weight excluding hydrogens is 389 g/mol. The Labute approximate surface area is 170 Å². The van der Waals surface area contributed by atoms with E-state index < -0.39 is 5.97 Å². The smallest absolute Gasteiger partial charge is 0.322 e. The molecule has 0 unspecified atom stereocenters. The zero-order valence-corrected chi connectivity index (χ0v) is 15.8. The van der Waals surface area contributed by atoms with E-state index in [0.29, 0.717) is 22.6 Å². The maximum absolute atomic E-state index is 13.4. The molecule has 0 saturated carbocycles. The number of carboxylic acids is 1. The van der Waals surface area contributed by atoms with Gasteiger partial charge < -0.3 is 10.4 Å². The van der Waals surface area contributed by atoms with Crippen LogP contribution >= 0.6 is 0 Å². The second kappa shape index (κ2) is 8.03. The Morgan fingerprint density at radius 3 is 2.57 bits per heavy atom. The molecule has 2 aromatic heterocycles. The zero-order valence-electron chi connectivity index (χ0n) is 15.8. The number of aromatic nitrogens is 6. The van der Waals surface area contributed by atoms with Crippen LogP contribution in [0.25, 0.3) is 28.3 Å². The minimum atomic E-state index is -1.05. The number of carbonyl (C=O) groups is 1. The van der Waals surface area contributed by atoms with Crippen LogP contribution in [0.5, 0.6) is 0 Å². The van der Waals surface area contributed by atoms with Gasteiger partial charge in [-0.2, -0.15) is 4.68 Å². The lowest BCUT2D eigenvalue weighted by Gasteiger charge is -2.11. The van der Waals surface area contributed by atoms with E-state index in [1.165, 1.54) is 18.3 Å². The number of hydrogen-bond donors (Lipinski definition) is 2. The fraction of sp³-hybridized carbons (Fsp3) is 0.100. The number of hydrogen-bond acceptors (Lipinski definition) is 7. The van der Waals surface area contributed by atoms with Gasteiger partial charge in [0.1, 0.15) is 12.4 Å². The summed E-state index contributed by atoms with van der Waals surface area (Å²) in [6.45, 7) is 1.64. The van der Waals surface area contributed by atoms with Crippen LogP contribution in [0.3, 0.4) is 0 Å². The van der Waals surface area contributed by atoms with E-state index in [2.05, 4.69) is 30.8 Å². The van der Waals surface area contributed by atoms with Crippen molar-refractivity contribution >= 4 is 11.9 Å². The number of tetrazole rings is 1. The molecule has 4 rings (SSSR count). The molecule has 0 aliphatic carbocycles. The van der Waals surface area contributed by atoms with Crippen LogP contribution in [0.15, 0.2) is 54.7 Å². The number of anilines is 1. The molecule has 0 fully saturated rings. The first-order chi connectivity index (χ1) is 14.5. The topological polar surface area (TPSA) is 119 Å². The molecule has 0 spiro atoms. The third-order valence-corrected chi connectivity index (χ3v) is 4.29. The van der Waals surface area contributed by atoms with Gasteiger partial charge in [0, 0.05) is 11.8 Å². The minimum absolute atomic E-state index is 0.120. The molecule has 150 valence electrons. The van der Waals surface area contributed by atoms with E-state index in [4.69, 9.17) is 5.11 Å². The van der Waals surface area contributed by atoms with Gasteiger partial charge in [-0.3, -0.25) is 4.79 Å². The quantitative estimate of drug-likeness (QED) is 0.503. The molecule has 2 N–H and O–H groups in total. The molecule has 0 aliphatic heterocycles. The van der Waals surface area contributed by atoms with Crippen molar-refractivity contribution in [2.45, 2.75) is 6.92 Å².